The standard InChI is InChI=1S/C23H24N6O2S/c24-22-18(23-27-19-3-1-2-4-20(19)32-23)11-15(12-25-22)16-13-26-29(14-16)10-7-21(31)28-8-5-17(30)6-9-28/h1-4,11-14,17,30H,5-10H2,(H2,24,25). The molecule has 1 fully saturated rings. The number of carbonyl (C=O) groups excluding carboxylic acids is 1. The fraction of sp³-hybridized carbons (Fsp3) is 0.304. The van der Waals surface area contributed by atoms with Crippen LogP contribution in [0, 0.1) is 0 Å². The highest BCUT2D eigenvalue weighted by atomic mass is 32.1. The fourth-order valence-corrected chi connectivity index (χ4v) is 4.90. The van der Waals surface area contributed by atoms with Gasteiger partial charge in [0.1, 0.15) is 10.8 Å². The number of aryl methyl sites for hydroxylation is 1. The van der Waals surface area contributed by atoms with E-state index in [1.807, 2.05) is 41.4 Å². The second kappa shape index (κ2) is 8.68. The van der Waals surface area contributed by atoms with Crippen LogP contribution in [0.1, 0.15) is 19.3 Å². The predicted molar refractivity (Wildman–Crippen MR) is 125 cm³/mol. The number of hydrogen-bond acceptors (Lipinski definition) is 7. The third-order valence-corrected chi connectivity index (χ3v) is 6.85. The van der Waals surface area contributed by atoms with Crippen LogP contribution in [0.2, 0.25) is 0 Å². The number of carbonyl (C=O) groups is 1. The molecule has 1 aliphatic heterocycles. The number of benzene rings is 1. The number of thiazole rings is 1. The van der Waals surface area contributed by atoms with Crippen LogP contribution in [0.4, 0.5) is 5.82 Å². The molecular weight excluding hydrogens is 424 g/mol. The molecule has 5 rings (SSSR count). The van der Waals surface area contributed by atoms with E-state index in [0.29, 0.717) is 44.7 Å². The first-order valence-electron chi connectivity index (χ1n) is 10.7. The summed E-state index contributed by atoms with van der Waals surface area (Å²) in [5, 5.41) is 14.9. The van der Waals surface area contributed by atoms with Crippen molar-refractivity contribution in [1.82, 2.24) is 24.6 Å². The lowest BCUT2D eigenvalue weighted by Gasteiger charge is -2.29. The fourth-order valence-electron chi connectivity index (χ4n) is 3.91. The van der Waals surface area contributed by atoms with Crippen molar-refractivity contribution < 1.29 is 9.90 Å². The molecule has 9 heteroatoms. The Hall–Kier alpha value is -3.30. The number of pyridine rings is 1. The number of hydrogen-bond donors (Lipinski definition) is 2. The van der Waals surface area contributed by atoms with Gasteiger partial charge in [-0.15, -0.1) is 11.3 Å². The van der Waals surface area contributed by atoms with Crippen molar-refractivity contribution in [3.05, 3.63) is 48.9 Å². The third kappa shape index (κ3) is 4.21. The number of nitrogens with two attached hydrogens (primary N) is 1. The number of para-hydroxylation sites is 1. The molecule has 0 radical (unpaired) electrons. The van der Waals surface area contributed by atoms with E-state index in [2.05, 4.69) is 10.1 Å². The lowest BCUT2D eigenvalue weighted by molar-refractivity contribution is -0.133. The molecule has 0 saturated carbocycles. The molecule has 1 aromatic carbocycles. The van der Waals surface area contributed by atoms with Gasteiger partial charge in [0.2, 0.25) is 5.91 Å². The smallest absolute Gasteiger partial charge is 0.224 e. The molecule has 4 aromatic rings. The van der Waals surface area contributed by atoms with Gasteiger partial charge in [0.25, 0.3) is 0 Å². The summed E-state index contributed by atoms with van der Waals surface area (Å²) >= 11 is 1.59. The van der Waals surface area contributed by atoms with Crippen molar-refractivity contribution in [2.75, 3.05) is 18.8 Å². The Balaban J connectivity index is 1.31. The number of likely N-dealkylation sites (tertiary alicyclic amines) is 1. The van der Waals surface area contributed by atoms with Crippen molar-refractivity contribution in [2.45, 2.75) is 31.9 Å². The average molecular weight is 449 g/mol. The zero-order valence-corrected chi connectivity index (χ0v) is 18.3. The number of anilines is 1. The summed E-state index contributed by atoms with van der Waals surface area (Å²) in [5.74, 6) is 0.540. The first-order chi connectivity index (χ1) is 15.6. The molecule has 0 aliphatic carbocycles. The Kier molecular flexibility index (Phi) is 5.59. The maximum absolute atomic E-state index is 12.4. The highest BCUT2D eigenvalue weighted by molar-refractivity contribution is 7.21. The zero-order chi connectivity index (χ0) is 22.1. The number of rotatable bonds is 5. The van der Waals surface area contributed by atoms with Crippen LogP contribution in [-0.2, 0) is 11.3 Å². The van der Waals surface area contributed by atoms with E-state index >= 15 is 0 Å². The number of piperidine rings is 1. The Morgan fingerprint density at radius 1 is 1.19 bits per heavy atom. The van der Waals surface area contributed by atoms with Crippen molar-refractivity contribution in [1.29, 1.82) is 0 Å². The number of nitrogens with zero attached hydrogens (tertiary/aromatic N) is 5. The summed E-state index contributed by atoms with van der Waals surface area (Å²) in [6.07, 6.45) is 6.83. The molecular formula is C23H24N6O2S. The second-order valence-corrected chi connectivity index (χ2v) is 9.03. The zero-order valence-electron chi connectivity index (χ0n) is 17.5. The van der Waals surface area contributed by atoms with Crippen LogP contribution in [0.3, 0.4) is 0 Å². The average Bonchev–Trinajstić information content (AvgIpc) is 3.45. The number of nitrogen functional groups attached to an aromatic ring is 1. The van der Waals surface area contributed by atoms with Crippen LogP contribution in [-0.4, -0.2) is 54.9 Å². The van der Waals surface area contributed by atoms with E-state index in [-0.39, 0.29) is 12.0 Å². The third-order valence-electron chi connectivity index (χ3n) is 5.78. The Labute approximate surface area is 189 Å². The minimum absolute atomic E-state index is 0.0984. The lowest BCUT2D eigenvalue weighted by Crippen LogP contribution is -2.40. The molecule has 0 unspecified atom stereocenters. The molecule has 3 N–H and O–H groups in total. The monoisotopic (exact) mass is 448 g/mol. The molecule has 8 nitrogen and oxygen atoms in total. The van der Waals surface area contributed by atoms with Gasteiger partial charge in [0.05, 0.1) is 28.1 Å². The van der Waals surface area contributed by atoms with E-state index in [4.69, 9.17) is 10.7 Å². The summed E-state index contributed by atoms with van der Waals surface area (Å²) in [6.45, 7) is 1.75. The number of aliphatic hydroxyl groups is 1. The molecule has 0 atom stereocenters. The van der Waals surface area contributed by atoms with E-state index in [0.717, 1.165) is 31.9 Å². The number of aliphatic hydroxyl groups excluding tert-OH is 1. The van der Waals surface area contributed by atoms with Crippen molar-refractivity contribution in [3.63, 3.8) is 0 Å². The summed E-state index contributed by atoms with van der Waals surface area (Å²) in [5.41, 5.74) is 9.72. The van der Waals surface area contributed by atoms with Gasteiger partial charge >= 0.3 is 0 Å². The summed E-state index contributed by atoms with van der Waals surface area (Å²) in [4.78, 5) is 23.3. The quantitative estimate of drug-likeness (QED) is 0.485. The van der Waals surface area contributed by atoms with Crippen LogP contribution in [0.25, 0.3) is 31.9 Å². The SMILES string of the molecule is Nc1ncc(-c2cnn(CCC(=O)N3CCC(O)CC3)c2)cc1-c1nc2ccccc2s1. The number of aromatic nitrogens is 4. The molecule has 1 amide bonds. The van der Waals surface area contributed by atoms with Gasteiger partial charge < -0.3 is 15.7 Å². The van der Waals surface area contributed by atoms with E-state index in [9.17, 15) is 9.90 Å². The first kappa shape index (κ1) is 20.6. The topological polar surface area (TPSA) is 110 Å². The van der Waals surface area contributed by atoms with Gasteiger partial charge in [-0.3, -0.25) is 9.48 Å². The maximum Gasteiger partial charge on any atom is 0.224 e. The number of amides is 1. The molecule has 164 valence electrons. The van der Waals surface area contributed by atoms with E-state index in [1.165, 1.54) is 0 Å². The Morgan fingerprint density at radius 3 is 2.81 bits per heavy atom. The highest BCUT2D eigenvalue weighted by Crippen LogP contribution is 2.34. The van der Waals surface area contributed by atoms with Gasteiger partial charge in [0.15, 0.2) is 0 Å². The molecule has 3 aromatic heterocycles. The number of fused-ring (bicyclic) bond motifs is 1. The highest BCUT2D eigenvalue weighted by Gasteiger charge is 2.21. The molecule has 1 saturated heterocycles. The minimum atomic E-state index is -0.283. The first-order valence-corrected chi connectivity index (χ1v) is 11.5. The van der Waals surface area contributed by atoms with Crippen LogP contribution >= 0.6 is 11.3 Å². The maximum atomic E-state index is 12.4. The van der Waals surface area contributed by atoms with Gasteiger partial charge in [-0.05, 0) is 31.0 Å². The van der Waals surface area contributed by atoms with E-state index in [1.54, 1.807) is 28.4 Å². The lowest BCUT2D eigenvalue weighted by atomic mass is 10.1. The molecule has 0 bridgehead atoms. The predicted octanol–water partition coefficient (Wildman–Crippen LogP) is 3.18. The van der Waals surface area contributed by atoms with Crippen molar-refractivity contribution in [2.24, 2.45) is 0 Å². The summed E-state index contributed by atoms with van der Waals surface area (Å²) in [6, 6.07) is 9.99. The summed E-state index contributed by atoms with van der Waals surface area (Å²) in [7, 11) is 0. The largest absolute Gasteiger partial charge is 0.393 e. The van der Waals surface area contributed by atoms with Crippen LogP contribution in [0.5, 0.6) is 0 Å². The molecule has 0 spiro atoms. The van der Waals surface area contributed by atoms with Gasteiger partial charge in [-0.2, -0.15) is 5.10 Å². The van der Waals surface area contributed by atoms with Crippen LogP contribution in [0.15, 0.2) is 48.9 Å². The van der Waals surface area contributed by atoms with E-state index < -0.39 is 0 Å². The Morgan fingerprint density at radius 2 is 2.00 bits per heavy atom. The second-order valence-electron chi connectivity index (χ2n) is 8.00. The normalized spacial score (nSPS) is 14.8. The van der Waals surface area contributed by atoms with Gasteiger partial charge in [0, 0.05) is 49.6 Å². The molecule has 1 aliphatic rings. The molecule has 4 heterocycles. The van der Waals surface area contributed by atoms with Crippen LogP contribution < -0.4 is 5.73 Å². The Bertz CT molecular complexity index is 1230. The van der Waals surface area contributed by atoms with Gasteiger partial charge in [-0.1, -0.05) is 12.1 Å². The van der Waals surface area contributed by atoms with Gasteiger partial charge in [-0.25, -0.2) is 9.97 Å². The molecule has 32 heavy (non-hydrogen) atoms. The minimum Gasteiger partial charge on any atom is -0.393 e. The van der Waals surface area contributed by atoms with Crippen molar-refractivity contribution in [3.8, 4) is 21.7 Å². The van der Waals surface area contributed by atoms with Crippen molar-refractivity contribution >= 4 is 33.3 Å². The summed E-state index contributed by atoms with van der Waals surface area (Å²) < 4.78 is 2.88.